The number of oxime groups is 1. The standard InChI is InChI=1S/C14H28N4O2/c1-5-11(13(15)16-20)17-6-8-18(9-7-17)12(19)10-14(2,3)4/h11,20H,5-10H2,1-4H3,(H2,15,16). The van der Waals surface area contributed by atoms with Gasteiger partial charge in [0.2, 0.25) is 5.91 Å². The molecule has 3 N–H and O–H groups in total. The molecule has 6 nitrogen and oxygen atoms in total. The van der Waals surface area contributed by atoms with E-state index in [0.717, 1.165) is 19.5 Å². The van der Waals surface area contributed by atoms with Gasteiger partial charge in [0, 0.05) is 32.6 Å². The van der Waals surface area contributed by atoms with E-state index in [4.69, 9.17) is 10.9 Å². The third kappa shape index (κ3) is 4.67. The van der Waals surface area contributed by atoms with Crippen LogP contribution in [0.3, 0.4) is 0 Å². The molecule has 0 aliphatic carbocycles. The summed E-state index contributed by atoms with van der Waals surface area (Å²) < 4.78 is 0. The van der Waals surface area contributed by atoms with Gasteiger partial charge >= 0.3 is 0 Å². The van der Waals surface area contributed by atoms with E-state index < -0.39 is 0 Å². The molecule has 1 atom stereocenters. The Balaban J connectivity index is 2.53. The zero-order valence-electron chi connectivity index (χ0n) is 13.1. The molecule has 0 spiro atoms. The average molecular weight is 284 g/mol. The smallest absolute Gasteiger partial charge is 0.223 e. The fourth-order valence-electron chi connectivity index (χ4n) is 2.57. The van der Waals surface area contributed by atoms with Crippen LogP contribution in [0.25, 0.3) is 0 Å². The van der Waals surface area contributed by atoms with Crippen LogP contribution in [0.2, 0.25) is 0 Å². The highest BCUT2D eigenvalue weighted by atomic mass is 16.4. The lowest BCUT2D eigenvalue weighted by molar-refractivity contribution is -0.135. The van der Waals surface area contributed by atoms with Gasteiger partial charge in [-0.05, 0) is 11.8 Å². The zero-order valence-corrected chi connectivity index (χ0v) is 13.1. The van der Waals surface area contributed by atoms with Crippen LogP contribution in [-0.2, 0) is 4.79 Å². The van der Waals surface area contributed by atoms with E-state index in [1.165, 1.54) is 0 Å². The van der Waals surface area contributed by atoms with Gasteiger partial charge in [0.25, 0.3) is 0 Å². The molecule has 0 radical (unpaired) electrons. The van der Waals surface area contributed by atoms with Crippen molar-refractivity contribution in [3.05, 3.63) is 0 Å². The first kappa shape index (κ1) is 16.8. The van der Waals surface area contributed by atoms with Gasteiger partial charge in [-0.25, -0.2) is 0 Å². The topological polar surface area (TPSA) is 82.2 Å². The molecule has 0 aromatic rings. The number of nitrogens with zero attached hydrogens (tertiary/aromatic N) is 3. The molecule has 1 aliphatic heterocycles. The summed E-state index contributed by atoms with van der Waals surface area (Å²) in [5, 5.41) is 11.9. The minimum atomic E-state index is -0.0418. The van der Waals surface area contributed by atoms with Crippen molar-refractivity contribution in [2.45, 2.75) is 46.6 Å². The number of piperazine rings is 1. The summed E-state index contributed by atoms with van der Waals surface area (Å²) in [7, 11) is 0. The first-order valence-electron chi connectivity index (χ1n) is 7.27. The monoisotopic (exact) mass is 284 g/mol. The van der Waals surface area contributed by atoms with E-state index in [1.54, 1.807) is 0 Å². The van der Waals surface area contributed by atoms with Crippen LogP contribution >= 0.6 is 0 Å². The second kappa shape index (κ2) is 6.92. The van der Waals surface area contributed by atoms with Gasteiger partial charge in [-0.2, -0.15) is 0 Å². The number of hydrogen-bond donors (Lipinski definition) is 2. The largest absolute Gasteiger partial charge is 0.409 e. The third-order valence-corrected chi connectivity index (χ3v) is 3.63. The number of amides is 1. The SMILES string of the molecule is CCC(C(N)=NO)N1CCN(C(=O)CC(C)(C)C)CC1. The average Bonchev–Trinajstić information content (AvgIpc) is 2.38. The summed E-state index contributed by atoms with van der Waals surface area (Å²) in [5.74, 6) is 0.468. The van der Waals surface area contributed by atoms with E-state index in [9.17, 15) is 4.79 Å². The number of amidine groups is 1. The zero-order chi connectivity index (χ0) is 15.3. The second-order valence-corrected chi connectivity index (χ2v) is 6.60. The number of carbonyl (C=O) groups excluding carboxylic acids is 1. The fourth-order valence-corrected chi connectivity index (χ4v) is 2.57. The van der Waals surface area contributed by atoms with Crippen LogP contribution in [-0.4, -0.2) is 59.0 Å². The molecule has 20 heavy (non-hydrogen) atoms. The maximum Gasteiger partial charge on any atom is 0.223 e. The van der Waals surface area contributed by atoms with Crippen LogP contribution in [0.5, 0.6) is 0 Å². The highest BCUT2D eigenvalue weighted by Gasteiger charge is 2.28. The van der Waals surface area contributed by atoms with Crippen molar-refractivity contribution in [2.75, 3.05) is 26.2 Å². The summed E-state index contributed by atoms with van der Waals surface area (Å²) in [6.45, 7) is 11.2. The minimum Gasteiger partial charge on any atom is -0.409 e. The number of nitrogens with two attached hydrogens (primary N) is 1. The fraction of sp³-hybridized carbons (Fsp3) is 0.857. The first-order chi connectivity index (χ1) is 9.28. The van der Waals surface area contributed by atoms with Crippen LogP contribution in [0.15, 0.2) is 5.16 Å². The Morgan fingerprint density at radius 1 is 1.30 bits per heavy atom. The van der Waals surface area contributed by atoms with Crippen molar-refractivity contribution in [1.82, 2.24) is 9.80 Å². The van der Waals surface area contributed by atoms with Crippen LogP contribution in [0.4, 0.5) is 0 Å². The quantitative estimate of drug-likeness (QED) is 0.350. The molecule has 1 aliphatic rings. The van der Waals surface area contributed by atoms with Crippen molar-refractivity contribution >= 4 is 11.7 Å². The van der Waals surface area contributed by atoms with E-state index in [-0.39, 0.29) is 23.2 Å². The Morgan fingerprint density at radius 3 is 2.25 bits per heavy atom. The predicted octanol–water partition coefficient (Wildman–Crippen LogP) is 1.09. The third-order valence-electron chi connectivity index (χ3n) is 3.63. The Labute approximate surface area is 121 Å². The Hall–Kier alpha value is -1.30. The molecule has 0 aromatic heterocycles. The molecule has 1 fully saturated rings. The number of carbonyl (C=O) groups is 1. The summed E-state index contributed by atoms with van der Waals surface area (Å²) in [6.07, 6.45) is 1.37. The molecule has 0 aromatic carbocycles. The van der Waals surface area contributed by atoms with Gasteiger partial charge in [0.15, 0.2) is 5.84 Å². The molecule has 1 saturated heterocycles. The predicted molar refractivity (Wildman–Crippen MR) is 79.7 cm³/mol. The van der Waals surface area contributed by atoms with Crippen LogP contribution in [0, 0.1) is 5.41 Å². The molecule has 0 saturated carbocycles. The highest BCUT2D eigenvalue weighted by molar-refractivity contribution is 5.85. The lowest BCUT2D eigenvalue weighted by Crippen LogP contribution is -2.55. The molecule has 1 unspecified atom stereocenters. The molecule has 1 amide bonds. The summed E-state index contributed by atoms with van der Waals surface area (Å²) in [5.41, 5.74) is 5.74. The molecular formula is C14H28N4O2. The van der Waals surface area contributed by atoms with Crippen molar-refractivity contribution in [2.24, 2.45) is 16.3 Å². The maximum absolute atomic E-state index is 12.2. The van der Waals surface area contributed by atoms with E-state index in [1.807, 2.05) is 11.8 Å². The Morgan fingerprint density at radius 2 is 1.85 bits per heavy atom. The molecule has 6 heteroatoms. The number of hydrogen-bond acceptors (Lipinski definition) is 4. The summed E-state index contributed by atoms with van der Waals surface area (Å²) in [6, 6.07) is -0.0418. The van der Waals surface area contributed by atoms with Crippen molar-refractivity contribution < 1.29 is 10.0 Å². The Bertz CT molecular complexity index is 355. The van der Waals surface area contributed by atoms with Gasteiger partial charge in [-0.1, -0.05) is 32.9 Å². The van der Waals surface area contributed by atoms with E-state index in [2.05, 4.69) is 30.8 Å². The summed E-state index contributed by atoms with van der Waals surface area (Å²) >= 11 is 0. The highest BCUT2D eigenvalue weighted by Crippen LogP contribution is 2.20. The molecule has 0 bridgehead atoms. The molecule has 116 valence electrons. The van der Waals surface area contributed by atoms with Gasteiger partial charge in [0.1, 0.15) is 0 Å². The Kier molecular flexibility index (Phi) is 5.80. The minimum absolute atomic E-state index is 0.0220. The van der Waals surface area contributed by atoms with Crippen molar-refractivity contribution in [3.63, 3.8) is 0 Å². The first-order valence-corrected chi connectivity index (χ1v) is 7.27. The van der Waals surface area contributed by atoms with Crippen LogP contribution in [0.1, 0.15) is 40.5 Å². The lowest BCUT2D eigenvalue weighted by atomic mass is 9.91. The van der Waals surface area contributed by atoms with E-state index in [0.29, 0.717) is 19.5 Å². The molecule has 1 rings (SSSR count). The summed E-state index contributed by atoms with van der Waals surface area (Å²) in [4.78, 5) is 16.3. The maximum atomic E-state index is 12.2. The van der Waals surface area contributed by atoms with Gasteiger partial charge in [-0.15, -0.1) is 0 Å². The van der Waals surface area contributed by atoms with Gasteiger partial charge < -0.3 is 15.8 Å². The normalized spacial score (nSPS) is 20.0. The van der Waals surface area contributed by atoms with Gasteiger partial charge in [0.05, 0.1) is 6.04 Å². The second-order valence-electron chi connectivity index (χ2n) is 6.60. The molecule has 1 heterocycles. The van der Waals surface area contributed by atoms with Crippen molar-refractivity contribution in [1.29, 1.82) is 0 Å². The van der Waals surface area contributed by atoms with Gasteiger partial charge in [-0.3, -0.25) is 9.69 Å². The van der Waals surface area contributed by atoms with Crippen molar-refractivity contribution in [3.8, 4) is 0 Å². The van der Waals surface area contributed by atoms with E-state index >= 15 is 0 Å². The number of rotatable bonds is 4. The lowest BCUT2D eigenvalue weighted by Gasteiger charge is -2.39. The van der Waals surface area contributed by atoms with Crippen LogP contribution < -0.4 is 5.73 Å². The molecular weight excluding hydrogens is 256 g/mol.